The molecule has 1 aliphatic heterocycles. The molecule has 0 bridgehead atoms. The van der Waals surface area contributed by atoms with Crippen molar-refractivity contribution in [2.24, 2.45) is 0 Å². The third-order valence-electron chi connectivity index (χ3n) is 3.75. The highest BCUT2D eigenvalue weighted by Crippen LogP contribution is 2.28. The molecular weight excluding hydrogens is 396 g/mol. The fraction of sp³-hybridized carbons (Fsp3) is 0.0625. The van der Waals surface area contributed by atoms with Crippen molar-refractivity contribution < 1.29 is 13.2 Å². The summed E-state index contributed by atoms with van der Waals surface area (Å²) in [6.45, 7) is 0. The Balaban J connectivity index is 1.69. The smallest absolute Gasteiger partial charge is 0.249 e. The standard InChI is InChI=1S/C16H11ClN4O3S2/c17-11-3-7-13(8-4-11)26(23,24)12-5-1-10(2-6-12)15-18-19-16-21(15)20-14(22)9-25-16/h1-8H,9H2,(H,20,22). The Hall–Kier alpha value is -2.36. The summed E-state index contributed by atoms with van der Waals surface area (Å²) in [7, 11) is -3.64. The Kier molecular flexibility index (Phi) is 4.22. The number of thioether (sulfide) groups is 1. The number of sulfone groups is 1. The van der Waals surface area contributed by atoms with Crippen molar-refractivity contribution in [2.45, 2.75) is 14.9 Å². The van der Waals surface area contributed by atoms with Gasteiger partial charge in [0.05, 0.1) is 15.5 Å². The zero-order valence-corrected chi connectivity index (χ0v) is 15.5. The van der Waals surface area contributed by atoms with Crippen LogP contribution in [0.3, 0.4) is 0 Å². The Morgan fingerprint density at radius 1 is 1.00 bits per heavy atom. The molecule has 3 aromatic rings. The van der Waals surface area contributed by atoms with Gasteiger partial charge in [-0.05, 0) is 48.5 Å². The van der Waals surface area contributed by atoms with Crippen LogP contribution in [0.4, 0.5) is 0 Å². The fourth-order valence-electron chi connectivity index (χ4n) is 2.47. The van der Waals surface area contributed by atoms with Crippen molar-refractivity contribution >= 4 is 39.1 Å². The number of carbonyl (C=O) groups is 1. The number of nitrogens with zero attached hydrogens (tertiary/aromatic N) is 3. The van der Waals surface area contributed by atoms with E-state index in [4.69, 9.17) is 11.6 Å². The average molecular weight is 407 g/mol. The lowest BCUT2D eigenvalue weighted by Gasteiger charge is -2.15. The highest BCUT2D eigenvalue weighted by Gasteiger charge is 2.23. The third-order valence-corrected chi connectivity index (χ3v) is 6.72. The molecule has 0 saturated carbocycles. The fourth-order valence-corrected chi connectivity index (χ4v) is 4.54. The Labute approximate surface area is 158 Å². The summed E-state index contributed by atoms with van der Waals surface area (Å²) in [5, 5.41) is 9.15. The van der Waals surface area contributed by atoms with E-state index in [9.17, 15) is 13.2 Å². The Morgan fingerprint density at radius 3 is 2.27 bits per heavy atom. The minimum Gasteiger partial charge on any atom is -0.272 e. The maximum atomic E-state index is 12.7. The van der Waals surface area contributed by atoms with Crippen LogP contribution in [0, 0.1) is 0 Å². The molecule has 1 aromatic heterocycles. The molecule has 7 nitrogen and oxygen atoms in total. The molecule has 4 rings (SSSR count). The van der Waals surface area contributed by atoms with E-state index in [0.29, 0.717) is 21.6 Å². The molecule has 10 heteroatoms. The molecule has 0 fully saturated rings. The quantitative estimate of drug-likeness (QED) is 0.718. The predicted molar refractivity (Wildman–Crippen MR) is 97.5 cm³/mol. The van der Waals surface area contributed by atoms with Crippen LogP contribution >= 0.6 is 23.4 Å². The summed E-state index contributed by atoms with van der Waals surface area (Å²) in [4.78, 5) is 11.9. The van der Waals surface area contributed by atoms with Gasteiger partial charge in [0, 0.05) is 10.6 Å². The summed E-state index contributed by atoms with van der Waals surface area (Å²) in [5.41, 5.74) is 3.32. The second-order valence-electron chi connectivity index (χ2n) is 5.45. The van der Waals surface area contributed by atoms with Crippen LogP contribution < -0.4 is 5.43 Å². The monoisotopic (exact) mass is 406 g/mol. The van der Waals surface area contributed by atoms with Gasteiger partial charge < -0.3 is 0 Å². The molecule has 1 amide bonds. The van der Waals surface area contributed by atoms with Gasteiger partial charge in [-0.1, -0.05) is 23.4 Å². The van der Waals surface area contributed by atoms with Crippen LogP contribution in [-0.2, 0) is 14.6 Å². The molecule has 132 valence electrons. The second-order valence-corrected chi connectivity index (χ2v) is 8.78. The summed E-state index contributed by atoms with van der Waals surface area (Å²) < 4.78 is 26.9. The van der Waals surface area contributed by atoms with Crippen molar-refractivity contribution in [1.82, 2.24) is 14.9 Å². The Bertz CT molecular complexity index is 1090. The maximum absolute atomic E-state index is 12.7. The molecule has 0 aliphatic carbocycles. The molecule has 26 heavy (non-hydrogen) atoms. The highest BCUT2D eigenvalue weighted by molar-refractivity contribution is 7.99. The summed E-state index contributed by atoms with van der Waals surface area (Å²) in [6, 6.07) is 12.3. The lowest BCUT2D eigenvalue weighted by molar-refractivity contribution is -0.114. The van der Waals surface area contributed by atoms with Crippen LogP contribution in [0.1, 0.15) is 0 Å². The molecule has 0 spiro atoms. The van der Waals surface area contributed by atoms with E-state index in [1.165, 1.54) is 52.8 Å². The number of hydrogen-bond donors (Lipinski definition) is 1. The minimum atomic E-state index is -3.64. The van der Waals surface area contributed by atoms with Gasteiger partial charge in [0.2, 0.25) is 20.9 Å². The van der Waals surface area contributed by atoms with E-state index in [2.05, 4.69) is 15.6 Å². The summed E-state index contributed by atoms with van der Waals surface area (Å²) >= 11 is 7.10. The first kappa shape index (κ1) is 17.1. The van der Waals surface area contributed by atoms with E-state index in [1.807, 2.05) is 0 Å². The summed E-state index contributed by atoms with van der Waals surface area (Å²) in [6.07, 6.45) is 0. The second kappa shape index (κ2) is 6.42. The normalized spacial score (nSPS) is 14.0. The summed E-state index contributed by atoms with van der Waals surface area (Å²) in [5.74, 6) is 0.581. The number of rotatable bonds is 3. The third kappa shape index (κ3) is 2.98. The van der Waals surface area contributed by atoms with Crippen molar-refractivity contribution in [1.29, 1.82) is 0 Å². The van der Waals surface area contributed by atoms with E-state index in [-0.39, 0.29) is 21.5 Å². The highest BCUT2D eigenvalue weighted by atomic mass is 35.5. The minimum absolute atomic E-state index is 0.148. The predicted octanol–water partition coefficient (Wildman–Crippen LogP) is 2.61. The lowest BCUT2D eigenvalue weighted by atomic mass is 10.2. The first-order valence-corrected chi connectivity index (χ1v) is 10.3. The average Bonchev–Trinajstić information content (AvgIpc) is 3.05. The first-order chi connectivity index (χ1) is 12.4. The van der Waals surface area contributed by atoms with Gasteiger partial charge in [-0.25, -0.2) is 13.1 Å². The molecule has 0 saturated heterocycles. The van der Waals surface area contributed by atoms with E-state index in [1.54, 1.807) is 12.1 Å². The molecule has 0 atom stereocenters. The van der Waals surface area contributed by atoms with Crippen LogP contribution in [0.25, 0.3) is 11.4 Å². The van der Waals surface area contributed by atoms with Gasteiger partial charge in [-0.2, -0.15) is 0 Å². The number of halogens is 1. The number of aromatic nitrogens is 3. The van der Waals surface area contributed by atoms with Crippen LogP contribution in [0.5, 0.6) is 0 Å². The van der Waals surface area contributed by atoms with E-state index in [0.717, 1.165) is 0 Å². The van der Waals surface area contributed by atoms with Gasteiger partial charge in [0.15, 0.2) is 5.82 Å². The number of nitrogens with one attached hydrogen (secondary N) is 1. The van der Waals surface area contributed by atoms with Crippen LogP contribution in [0.15, 0.2) is 63.5 Å². The number of amides is 1. The van der Waals surface area contributed by atoms with Gasteiger partial charge >= 0.3 is 0 Å². The van der Waals surface area contributed by atoms with Crippen LogP contribution in [-0.4, -0.2) is 35.0 Å². The molecule has 1 aliphatic rings. The molecule has 1 N–H and O–H groups in total. The van der Waals surface area contributed by atoms with Crippen molar-refractivity contribution in [2.75, 3.05) is 11.2 Å². The zero-order valence-electron chi connectivity index (χ0n) is 13.1. The number of hydrogen-bond acceptors (Lipinski definition) is 6. The molecule has 0 unspecified atom stereocenters. The van der Waals surface area contributed by atoms with E-state index < -0.39 is 9.84 Å². The van der Waals surface area contributed by atoms with Crippen LogP contribution in [0.2, 0.25) is 5.02 Å². The van der Waals surface area contributed by atoms with Gasteiger partial charge in [0.25, 0.3) is 0 Å². The molecule has 2 heterocycles. The molecular formula is C16H11ClN4O3S2. The number of fused-ring (bicyclic) bond motifs is 1. The van der Waals surface area contributed by atoms with Crippen molar-refractivity contribution in [3.8, 4) is 11.4 Å². The van der Waals surface area contributed by atoms with Crippen molar-refractivity contribution in [3.05, 3.63) is 53.6 Å². The lowest BCUT2D eigenvalue weighted by Crippen LogP contribution is -2.29. The largest absolute Gasteiger partial charge is 0.272 e. The van der Waals surface area contributed by atoms with Gasteiger partial charge in [-0.15, -0.1) is 10.2 Å². The van der Waals surface area contributed by atoms with Crippen molar-refractivity contribution in [3.63, 3.8) is 0 Å². The topological polar surface area (TPSA) is 94.0 Å². The number of carbonyl (C=O) groups excluding carboxylic acids is 1. The first-order valence-electron chi connectivity index (χ1n) is 7.44. The Morgan fingerprint density at radius 2 is 1.62 bits per heavy atom. The maximum Gasteiger partial charge on any atom is 0.249 e. The van der Waals surface area contributed by atoms with Gasteiger partial charge in [-0.3, -0.25) is 10.2 Å². The molecule has 0 radical (unpaired) electrons. The number of benzene rings is 2. The van der Waals surface area contributed by atoms with E-state index >= 15 is 0 Å². The zero-order chi connectivity index (χ0) is 18.3. The molecule has 2 aromatic carbocycles. The van der Waals surface area contributed by atoms with Gasteiger partial charge in [0.1, 0.15) is 0 Å². The SMILES string of the molecule is O=C1CSc2nnc(-c3ccc(S(=O)(=O)c4ccc(Cl)cc4)cc3)n2N1.